The van der Waals surface area contributed by atoms with Crippen molar-refractivity contribution in [3.8, 4) is 17.2 Å². The van der Waals surface area contributed by atoms with E-state index >= 15 is 0 Å². The molecule has 0 atom stereocenters. The number of nitrogens with zero attached hydrogens (tertiary/aromatic N) is 1. The highest BCUT2D eigenvalue weighted by Crippen LogP contribution is 2.31. The Bertz CT molecular complexity index is 1130. The average Bonchev–Trinajstić information content (AvgIpc) is 2.66. The van der Waals surface area contributed by atoms with Crippen molar-refractivity contribution in [2.24, 2.45) is 7.05 Å². The predicted molar refractivity (Wildman–Crippen MR) is 107 cm³/mol. The Hall–Kier alpha value is -3.12. The molecule has 0 saturated heterocycles. The Morgan fingerprint density at radius 3 is 2.36 bits per heavy atom. The highest BCUT2D eigenvalue weighted by Gasteiger charge is 2.21. The number of hydrogen-bond donors (Lipinski definition) is 1. The first-order chi connectivity index (χ1) is 13.3. The summed E-state index contributed by atoms with van der Waals surface area (Å²) in [5, 5.41) is 11.5. The van der Waals surface area contributed by atoms with Crippen LogP contribution in [0.25, 0.3) is 10.9 Å². The van der Waals surface area contributed by atoms with Gasteiger partial charge < -0.3 is 19.2 Å². The minimum Gasteiger partial charge on any atom is -0.506 e. The van der Waals surface area contributed by atoms with Crippen LogP contribution in [0, 0.1) is 0 Å². The highest BCUT2D eigenvalue weighted by atomic mass is 35.5. The molecular formula is C21H18ClNO5. The van der Waals surface area contributed by atoms with Crippen LogP contribution in [0.5, 0.6) is 17.2 Å². The van der Waals surface area contributed by atoms with Crippen LogP contribution in [0.3, 0.4) is 0 Å². The van der Waals surface area contributed by atoms with E-state index in [0.717, 1.165) is 0 Å². The number of carbonyl (C=O) groups excluding carboxylic acids is 2. The van der Waals surface area contributed by atoms with Crippen molar-refractivity contribution in [3.63, 3.8) is 0 Å². The van der Waals surface area contributed by atoms with Gasteiger partial charge in [-0.3, -0.25) is 9.59 Å². The lowest BCUT2D eigenvalue weighted by Crippen LogP contribution is -2.25. The summed E-state index contributed by atoms with van der Waals surface area (Å²) in [6.45, 7) is 1.37. The molecule has 1 aromatic heterocycles. The summed E-state index contributed by atoms with van der Waals surface area (Å²) in [5.41, 5.74) is -0.512. The van der Waals surface area contributed by atoms with Gasteiger partial charge in [0.25, 0.3) is 5.56 Å². The van der Waals surface area contributed by atoms with Gasteiger partial charge in [-0.15, -0.1) is 0 Å². The van der Waals surface area contributed by atoms with Gasteiger partial charge in [-0.25, -0.2) is 0 Å². The number of halogens is 1. The largest absolute Gasteiger partial charge is 0.506 e. The summed E-state index contributed by atoms with van der Waals surface area (Å²) >= 11 is 5.86. The molecule has 1 N–H and O–H groups in total. The number of rotatable bonds is 6. The van der Waals surface area contributed by atoms with Gasteiger partial charge in [-0.05, 0) is 43.3 Å². The van der Waals surface area contributed by atoms with E-state index in [2.05, 4.69) is 0 Å². The molecular weight excluding hydrogens is 382 g/mol. The Morgan fingerprint density at radius 1 is 1.07 bits per heavy atom. The zero-order valence-corrected chi connectivity index (χ0v) is 16.1. The Balaban J connectivity index is 2.03. The summed E-state index contributed by atoms with van der Waals surface area (Å²) in [7, 11) is 1.51. The van der Waals surface area contributed by atoms with Gasteiger partial charge in [0, 0.05) is 36.4 Å². The van der Waals surface area contributed by atoms with E-state index in [4.69, 9.17) is 16.3 Å². The van der Waals surface area contributed by atoms with E-state index in [-0.39, 0.29) is 29.9 Å². The molecule has 0 bridgehead atoms. The third kappa shape index (κ3) is 3.92. The van der Waals surface area contributed by atoms with E-state index in [9.17, 15) is 19.5 Å². The number of hydrogen-bond acceptors (Lipinski definition) is 5. The molecule has 6 nitrogen and oxygen atoms in total. The van der Waals surface area contributed by atoms with Crippen LogP contribution >= 0.6 is 11.6 Å². The maximum atomic E-state index is 12.6. The molecule has 0 unspecified atom stereocenters. The number of benzene rings is 2. The normalized spacial score (nSPS) is 10.8. The van der Waals surface area contributed by atoms with E-state index in [1.165, 1.54) is 18.5 Å². The molecule has 3 aromatic rings. The summed E-state index contributed by atoms with van der Waals surface area (Å²) in [5.74, 6) is -0.0790. The van der Waals surface area contributed by atoms with Crippen molar-refractivity contribution in [1.29, 1.82) is 0 Å². The van der Waals surface area contributed by atoms with Gasteiger partial charge in [0.05, 0.1) is 5.52 Å². The average molecular weight is 400 g/mol. The van der Waals surface area contributed by atoms with Crippen molar-refractivity contribution in [3.05, 3.63) is 63.4 Å². The lowest BCUT2D eigenvalue weighted by Gasteiger charge is -2.13. The molecule has 0 fully saturated rings. The smallest absolute Gasteiger partial charge is 0.265 e. The summed E-state index contributed by atoms with van der Waals surface area (Å²) < 4.78 is 7.04. The Labute approximate surface area is 165 Å². The number of pyridine rings is 1. The fraction of sp³-hybridized carbons (Fsp3) is 0.190. The molecule has 0 aliphatic carbocycles. The Kier molecular flexibility index (Phi) is 5.51. The molecule has 3 rings (SSSR count). The second-order valence-electron chi connectivity index (χ2n) is 6.45. The second kappa shape index (κ2) is 7.86. The first-order valence-corrected chi connectivity index (χ1v) is 8.97. The van der Waals surface area contributed by atoms with Crippen molar-refractivity contribution < 1.29 is 19.4 Å². The number of aromatic hydroxyl groups is 1. The number of Topliss-reactive ketones (excluding diaryl/α,β-unsaturated/α-hetero) is 2. The summed E-state index contributed by atoms with van der Waals surface area (Å²) in [4.78, 5) is 36.1. The van der Waals surface area contributed by atoms with Crippen molar-refractivity contribution in [2.75, 3.05) is 0 Å². The maximum Gasteiger partial charge on any atom is 0.265 e. The molecule has 0 radical (unpaired) electrons. The summed E-state index contributed by atoms with van der Waals surface area (Å²) in [6, 6.07) is 11.6. The topological polar surface area (TPSA) is 85.6 Å². The van der Waals surface area contributed by atoms with Crippen molar-refractivity contribution in [2.45, 2.75) is 19.8 Å². The minimum atomic E-state index is -0.623. The third-order valence-electron chi connectivity index (χ3n) is 4.37. The van der Waals surface area contributed by atoms with E-state index in [1.54, 1.807) is 42.5 Å². The van der Waals surface area contributed by atoms with E-state index < -0.39 is 11.3 Å². The van der Waals surface area contributed by atoms with Crippen LogP contribution in [0.2, 0.25) is 5.02 Å². The molecule has 0 aliphatic rings. The molecule has 1 heterocycles. The van der Waals surface area contributed by atoms with Crippen LogP contribution in [-0.4, -0.2) is 21.2 Å². The first-order valence-electron chi connectivity index (χ1n) is 8.59. The molecule has 7 heteroatoms. The van der Waals surface area contributed by atoms with Crippen LogP contribution < -0.4 is 10.3 Å². The lowest BCUT2D eigenvalue weighted by molar-refractivity contribution is -0.116. The molecule has 0 spiro atoms. The van der Waals surface area contributed by atoms with Gasteiger partial charge >= 0.3 is 0 Å². The van der Waals surface area contributed by atoms with Crippen LogP contribution in [0.15, 0.2) is 47.3 Å². The number of aryl methyl sites for hydroxylation is 1. The zero-order valence-electron chi connectivity index (χ0n) is 15.4. The molecule has 28 heavy (non-hydrogen) atoms. The van der Waals surface area contributed by atoms with Gasteiger partial charge in [-0.2, -0.15) is 0 Å². The lowest BCUT2D eigenvalue weighted by atomic mass is 10.0. The fourth-order valence-electron chi connectivity index (χ4n) is 2.87. The Morgan fingerprint density at radius 2 is 1.71 bits per heavy atom. The van der Waals surface area contributed by atoms with Gasteiger partial charge in [-0.1, -0.05) is 11.6 Å². The SMILES string of the molecule is CC(=O)CCC(=O)c1c(O)c2ccc(Oc3ccc(Cl)cc3)cc2n(C)c1=O. The molecule has 2 aromatic carbocycles. The number of fused-ring (bicyclic) bond motifs is 1. The number of ether oxygens (including phenoxy) is 1. The number of carbonyl (C=O) groups is 2. The molecule has 0 saturated carbocycles. The maximum absolute atomic E-state index is 12.6. The standard InChI is InChI=1S/C21H18ClNO5/c1-12(24)3-10-18(25)19-20(26)16-9-8-15(11-17(16)23(2)21(19)27)28-14-6-4-13(22)5-7-14/h4-9,11,26H,3,10H2,1-2H3. The van der Waals surface area contributed by atoms with Crippen molar-refractivity contribution >= 4 is 34.1 Å². The second-order valence-corrected chi connectivity index (χ2v) is 6.88. The van der Waals surface area contributed by atoms with Crippen molar-refractivity contribution in [1.82, 2.24) is 4.57 Å². The highest BCUT2D eigenvalue weighted by molar-refractivity contribution is 6.30. The predicted octanol–water partition coefficient (Wildman–Crippen LogP) is 4.24. The number of aromatic nitrogens is 1. The van der Waals surface area contributed by atoms with Gasteiger partial charge in [0.15, 0.2) is 5.78 Å². The summed E-state index contributed by atoms with van der Waals surface area (Å²) in [6.07, 6.45) is -0.102. The van der Waals surface area contributed by atoms with E-state index in [0.29, 0.717) is 27.4 Å². The zero-order chi connectivity index (χ0) is 20.4. The minimum absolute atomic E-state index is 0.0212. The monoisotopic (exact) mass is 399 g/mol. The van der Waals surface area contributed by atoms with Gasteiger partial charge in [0.1, 0.15) is 28.6 Å². The molecule has 0 amide bonds. The number of ketones is 2. The van der Waals surface area contributed by atoms with Gasteiger partial charge in [0.2, 0.25) is 0 Å². The van der Waals surface area contributed by atoms with E-state index in [1.807, 2.05) is 0 Å². The van der Waals surface area contributed by atoms with Crippen LogP contribution in [-0.2, 0) is 11.8 Å². The van der Waals surface area contributed by atoms with Crippen LogP contribution in [0.1, 0.15) is 30.1 Å². The van der Waals surface area contributed by atoms with Crippen LogP contribution in [0.4, 0.5) is 0 Å². The molecule has 0 aliphatic heterocycles. The first kappa shape index (κ1) is 19.6. The molecule has 144 valence electrons. The fourth-order valence-corrected chi connectivity index (χ4v) is 3.00. The quantitative estimate of drug-likeness (QED) is 0.626. The third-order valence-corrected chi connectivity index (χ3v) is 4.63.